The Labute approximate surface area is 380 Å². The molecular weight excluding hydrogens is 857 g/mol. The number of rotatable bonds is 9. The van der Waals surface area contributed by atoms with Gasteiger partial charge in [0.15, 0.2) is 11.6 Å². The fraction of sp³-hybridized carbons (Fsp3) is 0.628. The number of benzene rings is 1. The van der Waals surface area contributed by atoms with E-state index in [9.17, 15) is 24.0 Å². The van der Waals surface area contributed by atoms with E-state index in [0.717, 1.165) is 0 Å². The average molecular weight is 923 g/mol. The van der Waals surface area contributed by atoms with Gasteiger partial charge < -0.3 is 60.6 Å². The predicted molar refractivity (Wildman–Crippen MR) is 245 cm³/mol. The Bertz CT molecular complexity index is 1790. The van der Waals surface area contributed by atoms with Gasteiger partial charge in [0.1, 0.15) is 32.4 Å². The van der Waals surface area contributed by atoms with E-state index in [0.29, 0.717) is 24.2 Å². The molecule has 6 N–H and O–H groups in total. The third-order valence-electron chi connectivity index (χ3n) is 8.90. The molecule has 2 aliphatic heterocycles. The highest BCUT2D eigenvalue weighted by Gasteiger charge is 2.37. The van der Waals surface area contributed by atoms with Crippen LogP contribution < -0.4 is 41.7 Å². The number of anilines is 5. The van der Waals surface area contributed by atoms with Crippen molar-refractivity contribution in [2.45, 2.75) is 149 Å². The van der Waals surface area contributed by atoms with Gasteiger partial charge in [0.05, 0.1) is 29.9 Å². The molecule has 0 saturated carbocycles. The van der Waals surface area contributed by atoms with Gasteiger partial charge in [-0.15, -0.1) is 0 Å². The molecule has 63 heavy (non-hydrogen) atoms. The number of nitrogens with one attached hydrogen (secondary N) is 6. The third kappa shape index (κ3) is 16.8. The van der Waals surface area contributed by atoms with Gasteiger partial charge >= 0.3 is 24.4 Å². The summed E-state index contributed by atoms with van der Waals surface area (Å²) in [6, 6.07) is 4.63. The van der Waals surface area contributed by atoms with Crippen molar-refractivity contribution in [3.8, 4) is 0 Å². The Kier molecular flexibility index (Phi) is 16.2. The maximum absolute atomic E-state index is 13.1. The number of nitrogens with zero attached hydrogens (tertiary/aromatic N) is 3. The molecule has 4 rings (SSSR count). The van der Waals surface area contributed by atoms with Crippen LogP contribution in [0, 0.1) is 0 Å². The lowest BCUT2D eigenvalue weighted by Crippen LogP contribution is -2.59. The van der Waals surface area contributed by atoms with E-state index in [-0.39, 0.29) is 59.5 Å². The molecule has 20 heteroatoms. The number of piperidine rings is 2. The van der Waals surface area contributed by atoms with E-state index >= 15 is 0 Å². The number of amides is 5. The number of carbonyl (C=O) groups is 5. The lowest BCUT2D eigenvalue weighted by Gasteiger charge is -2.41. The van der Waals surface area contributed by atoms with Gasteiger partial charge in [-0.25, -0.2) is 24.2 Å². The van der Waals surface area contributed by atoms with Crippen molar-refractivity contribution >= 4 is 82.2 Å². The fourth-order valence-corrected chi connectivity index (χ4v) is 7.55. The van der Waals surface area contributed by atoms with Gasteiger partial charge in [0.25, 0.3) is 0 Å². The van der Waals surface area contributed by atoms with Gasteiger partial charge in [0, 0.05) is 44.5 Å². The maximum Gasteiger partial charge on any atom is 0.407 e. The second-order valence-corrected chi connectivity index (χ2v) is 20.6. The van der Waals surface area contributed by atoms with E-state index in [1.807, 2.05) is 9.80 Å². The van der Waals surface area contributed by atoms with Gasteiger partial charge in [-0.1, -0.05) is 23.2 Å². The lowest BCUT2D eigenvalue weighted by atomic mass is 10.00. The first-order valence-corrected chi connectivity index (χ1v) is 21.7. The molecule has 2 saturated heterocycles. The lowest BCUT2D eigenvalue weighted by molar-refractivity contribution is -0.114. The molecule has 1 aromatic heterocycles. The van der Waals surface area contributed by atoms with E-state index < -0.39 is 70.9 Å². The van der Waals surface area contributed by atoms with Crippen LogP contribution in [0.2, 0.25) is 10.0 Å². The SMILES string of the molecule is CC(=O)Nc1ccc(Nc2c(Cl)c(N3C[C@H](NC(=O)OC(C)(C)C)C[C@H](NC(=O)OC(C)(C)C)C3)nc(N3C[C@H](NC(=O)OC(C)(C)C)C[C@H](NC(=O)OC(C)(C)C)C3)c2Cl)cc1. The van der Waals surface area contributed by atoms with Crippen molar-refractivity contribution in [3.63, 3.8) is 0 Å². The minimum Gasteiger partial charge on any atom is -0.444 e. The molecule has 18 nitrogen and oxygen atoms in total. The van der Waals surface area contributed by atoms with Gasteiger partial charge in [0.2, 0.25) is 5.91 Å². The standard InChI is InChI=1S/C43H65Cl2N9O9/c1-24(55)46-25-14-16-26(17-15-25)47-33-31(44)34(53-20-27(48-36(56)60-40(2,3)4)18-28(21-53)49-37(57)61-41(5,6)7)52-35(32(33)45)54-22-29(50-38(58)62-42(8,9)10)19-30(23-54)51-39(59)63-43(11,12)13/h14-17,27-30H,18-23H2,1-13H3,(H,46,55)(H,47,52)(H,48,56)(H,49,57)(H,50,58)(H,51,59)/t27-,28+,29-,30+. The van der Waals surface area contributed by atoms with E-state index in [1.54, 1.807) is 107 Å². The minimum atomic E-state index is -0.774. The number of halogens is 2. The summed E-state index contributed by atoms with van der Waals surface area (Å²) in [7, 11) is 0. The quantitative estimate of drug-likeness (QED) is 0.131. The second-order valence-electron chi connectivity index (χ2n) is 19.8. The molecule has 2 aliphatic rings. The summed E-state index contributed by atoms with van der Waals surface area (Å²) >= 11 is 14.6. The van der Waals surface area contributed by atoms with Crippen molar-refractivity contribution in [3.05, 3.63) is 34.3 Å². The Balaban J connectivity index is 1.84. The number of hydrogen-bond acceptors (Lipinski definition) is 13. The first-order valence-electron chi connectivity index (χ1n) is 20.9. The topological polar surface area (TPSA) is 214 Å². The number of carbonyl (C=O) groups excluding carboxylic acids is 5. The molecule has 1 aromatic carbocycles. The summed E-state index contributed by atoms with van der Waals surface area (Å²) in [4.78, 5) is 73.0. The summed E-state index contributed by atoms with van der Waals surface area (Å²) in [6.07, 6.45) is -1.95. The first-order chi connectivity index (χ1) is 28.9. The summed E-state index contributed by atoms with van der Waals surface area (Å²) in [6.45, 7) is 23.3. The molecule has 4 atom stereocenters. The Morgan fingerprint density at radius 1 is 0.540 bits per heavy atom. The number of ether oxygens (including phenoxy) is 4. The predicted octanol–water partition coefficient (Wildman–Crippen LogP) is 8.08. The number of pyridine rings is 1. The van der Waals surface area contributed by atoms with Crippen molar-refractivity contribution in [2.24, 2.45) is 0 Å². The molecule has 5 amide bonds. The van der Waals surface area contributed by atoms with E-state index in [4.69, 9.17) is 47.1 Å². The summed E-state index contributed by atoms with van der Waals surface area (Å²) in [5, 5.41) is 18.1. The number of hydrogen-bond donors (Lipinski definition) is 6. The van der Waals surface area contributed by atoms with Crippen molar-refractivity contribution in [2.75, 3.05) is 46.6 Å². The largest absolute Gasteiger partial charge is 0.444 e. The monoisotopic (exact) mass is 921 g/mol. The van der Waals surface area contributed by atoms with E-state index in [2.05, 4.69) is 31.9 Å². The van der Waals surface area contributed by atoms with Crippen LogP contribution >= 0.6 is 23.2 Å². The van der Waals surface area contributed by atoms with E-state index in [1.165, 1.54) is 6.92 Å². The maximum atomic E-state index is 13.1. The van der Waals surface area contributed by atoms with Crippen LogP contribution in [0.3, 0.4) is 0 Å². The molecule has 2 aromatic rings. The van der Waals surface area contributed by atoms with Gasteiger partial charge in [-0.3, -0.25) is 4.79 Å². The zero-order valence-corrected chi connectivity index (χ0v) is 40.1. The van der Waals surface area contributed by atoms with Gasteiger partial charge in [-0.2, -0.15) is 0 Å². The van der Waals surface area contributed by atoms with Crippen LogP contribution in [0.15, 0.2) is 24.3 Å². The van der Waals surface area contributed by atoms with Crippen LogP contribution in [0.25, 0.3) is 0 Å². The van der Waals surface area contributed by atoms with Crippen LogP contribution in [-0.4, -0.2) is 108 Å². The van der Waals surface area contributed by atoms with Crippen LogP contribution in [0.4, 0.5) is 47.9 Å². The van der Waals surface area contributed by atoms with Gasteiger partial charge in [-0.05, 0) is 120 Å². The van der Waals surface area contributed by atoms with Crippen molar-refractivity contribution in [1.29, 1.82) is 0 Å². The zero-order valence-electron chi connectivity index (χ0n) is 38.6. The molecular formula is C43H65Cl2N9O9. The highest BCUT2D eigenvalue weighted by Crippen LogP contribution is 2.45. The molecule has 350 valence electrons. The summed E-state index contributed by atoms with van der Waals surface area (Å²) in [5.74, 6) is 0.268. The first kappa shape index (κ1) is 50.5. The smallest absolute Gasteiger partial charge is 0.407 e. The zero-order chi connectivity index (χ0) is 47.2. The number of aromatic nitrogens is 1. The van der Waals surface area contributed by atoms with Crippen molar-refractivity contribution in [1.82, 2.24) is 26.3 Å². The highest BCUT2D eigenvalue weighted by atomic mass is 35.5. The molecule has 0 radical (unpaired) electrons. The molecule has 0 unspecified atom stereocenters. The molecule has 3 heterocycles. The highest BCUT2D eigenvalue weighted by molar-refractivity contribution is 6.42. The van der Waals surface area contributed by atoms with Crippen LogP contribution in [0.5, 0.6) is 0 Å². The molecule has 0 aliphatic carbocycles. The molecule has 2 fully saturated rings. The van der Waals surface area contributed by atoms with Crippen molar-refractivity contribution < 1.29 is 42.9 Å². The molecule has 0 spiro atoms. The fourth-order valence-electron chi connectivity index (χ4n) is 6.89. The normalized spacial score (nSPS) is 19.5. The second kappa shape index (κ2) is 20.2. The summed E-state index contributed by atoms with van der Waals surface area (Å²) < 4.78 is 22.3. The van der Waals surface area contributed by atoms with Crippen LogP contribution in [-0.2, 0) is 23.7 Å². The Morgan fingerprint density at radius 2 is 0.825 bits per heavy atom. The Hall–Kier alpha value is -5.10. The number of alkyl carbamates (subject to hydrolysis) is 4. The minimum absolute atomic E-state index is 0.118. The third-order valence-corrected chi connectivity index (χ3v) is 9.62. The molecule has 0 bridgehead atoms. The Morgan fingerprint density at radius 3 is 1.10 bits per heavy atom. The average Bonchev–Trinajstić information content (AvgIpc) is 3.07. The van der Waals surface area contributed by atoms with Crippen LogP contribution in [0.1, 0.15) is 103 Å². The summed E-state index contributed by atoms with van der Waals surface area (Å²) in [5.41, 5.74) is -1.69.